The summed E-state index contributed by atoms with van der Waals surface area (Å²) < 4.78 is 11.0. The molecule has 25 heavy (non-hydrogen) atoms. The number of methoxy groups -OCH3 is 1. The van der Waals surface area contributed by atoms with Gasteiger partial charge in [-0.3, -0.25) is 14.5 Å². The van der Waals surface area contributed by atoms with Crippen LogP contribution in [0, 0.1) is 0 Å². The van der Waals surface area contributed by atoms with E-state index in [9.17, 15) is 9.59 Å². The minimum atomic E-state index is -0.514. The van der Waals surface area contributed by atoms with Crippen LogP contribution in [0.25, 0.3) is 0 Å². The molecule has 2 aliphatic rings. The van der Waals surface area contributed by atoms with E-state index in [1.807, 2.05) is 24.3 Å². The van der Waals surface area contributed by atoms with E-state index in [1.165, 1.54) is 7.11 Å². The van der Waals surface area contributed by atoms with Crippen molar-refractivity contribution < 1.29 is 19.1 Å². The first-order valence-corrected chi connectivity index (χ1v) is 9.32. The molecule has 2 aliphatic heterocycles. The van der Waals surface area contributed by atoms with Gasteiger partial charge in [-0.1, -0.05) is 40.2 Å². The van der Waals surface area contributed by atoms with Crippen molar-refractivity contribution in [1.29, 1.82) is 0 Å². The Balaban J connectivity index is 1.84. The third kappa shape index (κ3) is 3.63. The number of nitrogens with zero attached hydrogens (tertiary/aromatic N) is 2. The van der Waals surface area contributed by atoms with Gasteiger partial charge in [0.05, 0.1) is 24.0 Å². The highest BCUT2D eigenvalue weighted by molar-refractivity contribution is 9.09. The van der Waals surface area contributed by atoms with Crippen molar-refractivity contribution >= 4 is 33.4 Å². The lowest BCUT2D eigenvalue weighted by molar-refractivity contribution is -0.123. The molecule has 134 valence electrons. The second-order valence-electron chi connectivity index (χ2n) is 5.99. The number of ether oxygens (including phenoxy) is 2. The Labute approximate surface area is 155 Å². The molecule has 2 atom stereocenters. The normalized spacial score (nSPS) is 23.1. The maximum atomic E-state index is 13.0. The van der Waals surface area contributed by atoms with E-state index in [2.05, 4.69) is 15.9 Å². The summed E-state index contributed by atoms with van der Waals surface area (Å²) in [7, 11) is 1.54. The van der Waals surface area contributed by atoms with Crippen LogP contribution in [0.2, 0.25) is 0 Å². The summed E-state index contributed by atoms with van der Waals surface area (Å²) in [4.78, 5) is 29.2. The molecule has 0 bridgehead atoms. The fraction of sp³-hybridized carbons (Fsp3) is 0.444. The number of carbonyl (C=O) groups excluding carboxylic acids is 2. The summed E-state index contributed by atoms with van der Waals surface area (Å²) in [5.41, 5.74) is 1.13. The van der Waals surface area contributed by atoms with Crippen LogP contribution in [0.15, 0.2) is 36.4 Å². The highest BCUT2D eigenvalue weighted by atomic mass is 79.9. The number of amides is 2. The lowest BCUT2D eigenvalue weighted by Crippen LogP contribution is -2.45. The zero-order chi connectivity index (χ0) is 17.8. The predicted molar refractivity (Wildman–Crippen MR) is 97.9 cm³/mol. The lowest BCUT2D eigenvalue weighted by Gasteiger charge is -2.24. The average molecular weight is 409 g/mol. The molecule has 0 unspecified atom stereocenters. The highest BCUT2D eigenvalue weighted by Crippen LogP contribution is 2.33. The van der Waals surface area contributed by atoms with Crippen LogP contribution in [0.5, 0.6) is 0 Å². The van der Waals surface area contributed by atoms with E-state index in [4.69, 9.17) is 9.47 Å². The Morgan fingerprint density at radius 2 is 2.08 bits per heavy atom. The number of halogens is 1. The maximum absolute atomic E-state index is 13.0. The number of carbonyl (C=O) groups is 2. The Bertz CT molecular complexity index is 679. The largest absolute Gasteiger partial charge is 0.372 e. The van der Waals surface area contributed by atoms with Gasteiger partial charge in [-0.2, -0.15) is 0 Å². The number of alkyl halides is 1. The summed E-state index contributed by atoms with van der Waals surface area (Å²) in [6.45, 7) is 1.01. The van der Waals surface area contributed by atoms with Gasteiger partial charge in [0, 0.05) is 25.4 Å². The molecular formula is C18H21BrN2O4. The van der Waals surface area contributed by atoms with Gasteiger partial charge in [-0.25, -0.2) is 0 Å². The Morgan fingerprint density at radius 1 is 1.28 bits per heavy atom. The maximum Gasteiger partial charge on any atom is 0.256 e. The topological polar surface area (TPSA) is 59.1 Å². The number of para-hydroxylation sites is 1. The molecule has 1 saturated heterocycles. The fourth-order valence-electron chi connectivity index (χ4n) is 3.30. The summed E-state index contributed by atoms with van der Waals surface area (Å²) in [5.74, 6) is -0.253. The van der Waals surface area contributed by atoms with Gasteiger partial charge in [-0.15, -0.1) is 0 Å². The highest BCUT2D eigenvalue weighted by Gasteiger charge is 2.45. The van der Waals surface area contributed by atoms with E-state index in [0.29, 0.717) is 30.8 Å². The van der Waals surface area contributed by atoms with Crippen molar-refractivity contribution in [2.45, 2.75) is 18.6 Å². The summed E-state index contributed by atoms with van der Waals surface area (Å²) in [5, 5.41) is 0.773. The second kappa shape index (κ2) is 8.12. The molecule has 0 N–H and O–H groups in total. The van der Waals surface area contributed by atoms with Gasteiger partial charge in [0.15, 0.2) is 0 Å². The third-order valence-electron chi connectivity index (χ3n) is 4.44. The van der Waals surface area contributed by atoms with Crippen molar-refractivity contribution in [3.63, 3.8) is 0 Å². The molecule has 2 heterocycles. The first kappa shape index (κ1) is 18.1. The number of rotatable bonds is 6. The second-order valence-corrected chi connectivity index (χ2v) is 6.64. The Hall–Kier alpha value is -1.70. The van der Waals surface area contributed by atoms with Crippen molar-refractivity contribution in [2.75, 3.05) is 37.2 Å². The van der Waals surface area contributed by atoms with Crippen molar-refractivity contribution in [3.05, 3.63) is 42.0 Å². The molecule has 0 aromatic heterocycles. The van der Waals surface area contributed by atoms with Crippen LogP contribution in [0.4, 0.5) is 5.69 Å². The van der Waals surface area contributed by atoms with Gasteiger partial charge >= 0.3 is 0 Å². The van der Waals surface area contributed by atoms with Gasteiger partial charge < -0.3 is 14.4 Å². The molecule has 7 heteroatoms. The molecular weight excluding hydrogens is 388 g/mol. The van der Waals surface area contributed by atoms with Crippen LogP contribution in [-0.4, -0.2) is 61.2 Å². The molecule has 0 aliphatic carbocycles. The quantitative estimate of drug-likeness (QED) is 0.534. The summed E-state index contributed by atoms with van der Waals surface area (Å²) >= 11 is 3.32. The lowest BCUT2D eigenvalue weighted by atomic mass is 10.1. The monoisotopic (exact) mass is 408 g/mol. The van der Waals surface area contributed by atoms with Crippen LogP contribution in [0.3, 0.4) is 0 Å². The van der Waals surface area contributed by atoms with E-state index in [-0.39, 0.29) is 24.6 Å². The first-order valence-electron chi connectivity index (χ1n) is 8.20. The SMILES string of the molecule is COCN1C(=O)[C@@H]2C[C@@H](OC/C=C/CBr)CN2C(=O)c2ccccc21. The standard InChI is InChI=1S/C18H21BrN2O4/c1-24-12-21-15-7-3-2-6-14(15)17(22)20-11-13(10-16(20)18(21)23)25-9-5-4-8-19/h2-7,13,16H,8-12H2,1H3/b5-4+/t13-,16+/m1/s1. The summed E-state index contributed by atoms with van der Waals surface area (Å²) in [6, 6.07) is 6.65. The van der Waals surface area contributed by atoms with Crippen molar-refractivity contribution in [2.24, 2.45) is 0 Å². The molecule has 2 amide bonds. The molecule has 1 aromatic carbocycles. The molecule has 0 saturated carbocycles. The van der Waals surface area contributed by atoms with Crippen LogP contribution < -0.4 is 4.90 Å². The smallest absolute Gasteiger partial charge is 0.256 e. The number of benzene rings is 1. The van der Waals surface area contributed by atoms with Crippen molar-refractivity contribution in [3.8, 4) is 0 Å². The number of anilines is 1. The average Bonchev–Trinajstić information content (AvgIpc) is 3.03. The minimum absolute atomic E-state index is 0.118. The number of allylic oxidation sites excluding steroid dienone is 1. The molecule has 3 rings (SSSR count). The first-order chi connectivity index (χ1) is 12.2. The number of hydrogen-bond acceptors (Lipinski definition) is 4. The van der Waals surface area contributed by atoms with Crippen LogP contribution in [-0.2, 0) is 14.3 Å². The molecule has 1 aromatic rings. The van der Waals surface area contributed by atoms with Crippen LogP contribution in [0.1, 0.15) is 16.8 Å². The number of fused-ring (bicyclic) bond motifs is 2. The summed E-state index contributed by atoms with van der Waals surface area (Å²) in [6.07, 6.45) is 4.24. The van der Waals surface area contributed by atoms with Gasteiger partial charge in [-0.05, 0) is 12.1 Å². The third-order valence-corrected chi connectivity index (χ3v) is 4.82. The van der Waals surface area contributed by atoms with Gasteiger partial charge in [0.2, 0.25) is 0 Å². The Kier molecular flexibility index (Phi) is 5.88. The zero-order valence-electron chi connectivity index (χ0n) is 14.1. The fourth-order valence-corrected chi connectivity index (χ4v) is 3.57. The van der Waals surface area contributed by atoms with Gasteiger partial charge in [0.1, 0.15) is 12.8 Å². The predicted octanol–water partition coefficient (Wildman–Crippen LogP) is 2.19. The van der Waals surface area contributed by atoms with E-state index in [1.54, 1.807) is 21.9 Å². The van der Waals surface area contributed by atoms with E-state index in [0.717, 1.165) is 5.33 Å². The van der Waals surface area contributed by atoms with Gasteiger partial charge in [0.25, 0.3) is 11.8 Å². The molecule has 6 nitrogen and oxygen atoms in total. The van der Waals surface area contributed by atoms with E-state index < -0.39 is 6.04 Å². The van der Waals surface area contributed by atoms with Crippen molar-refractivity contribution in [1.82, 2.24) is 4.90 Å². The van der Waals surface area contributed by atoms with E-state index >= 15 is 0 Å². The zero-order valence-corrected chi connectivity index (χ0v) is 15.6. The molecule has 0 radical (unpaired) electrons. The minimum Gasteiger partial charge on any atom is -0.372 e. The molecule has 1 fully saturated rings. The number of hydrogen-bond donors (Lipinski definition) is 0. The molecule has 0 spiro atoms. The Morgan fingerprint density at radius 3 is 2.84 bits per heavy atom. The van der Waals surface area contributed by atoms with Crippen LogP contribution >= 0.6 is 15.9 Å².